The molecular weight excluding hydrogens is 947 g/mol. The quantitative estimate of drug-likeness (QED) is 0.0261. The molecule has 1 rings (SSSR count). The van der Waals surface area contributed by atoms with Crippen LogP contribution in [0.2, 0.25) is 0 Å². The number of hydrogen-bond donors (Lipinski definition) is 6. The van der Waals surface area contributed by atoms with E-state index in [1.807, 2.05) is 0 Å². The third-order valence-corrected chi connectivity index (χ3v) is 14.1. The van der Waals surface area contributed by atoms with Crippen molar-refractivity contribution in [2.75, 3.05) is 13.2 Å². The zero-order valence-corrected chi connectivity index (χ0v) is 48.5. The average Bonchev–Trinajstić information content (AvgIpc) is 3.42. The molecule has 1 heterocycles. The third-order valence-electron chi connectivity index (χ3n) is 14.1. The Morgan fingerprint density at radius 1 is 0.461 bits per heavy atom. The second kappa shape index (κ2) is 55.2. The van der Waals surface area contributed by atoms with E-state index in [2.05, 4.69) is 129 Å². The van der Waals surface area contributed by atoms with Crippen molar-refractivity contribution in [3.8, 4) is 0 Å². The number of hydrogen-bond acceptors (Lipinski definition) is 8. The number of unbranched alkanes of at least 4 members (excludes halogenated alkanes) is 24. The third kappa shape index (κ3) is 43.8. The first-order valence-electron chi connectivity index (χ1n) is 31.1. The molecule has 0 spiro atoms. The van der Waals surface area contributed by atoms with Gasteiger partial charge in [0.2, 0.25) is 5.91 Å². The van der Waals surface area contributed by atoms with Gasteiger partial charge in [0.25, 0.3) is 0 Å². The Morgan fingerprint density at radius 3 is 1.21 bits per heavy atom. The van der Waals surface area contributed by atoms with Crippen molar-refractivity contribution in [3.05, 3.63) is 109 Å². The van der Waals surface area contributed by atoms with Gasteiger partial charge in [0, 0.05) is 6.42 Å². The monoisotopic (exact) mass is 1060 g/mol. The van der Waals surface area contributed by atoms with Gasteiger partial charge in [-0.15, -0.1) is 0 Å². The fourth-order valence-corrected chi connectivity index (χ4v) is 9.27. The van der Waals surface area contributed by atoms with Crippen LogP contribution in [-0.2, 0) is 14.3 Å². The van der Waals surface area contributed by atoms with Crippen LogP contribution in [0.5, 0.6) is 0 Å². The summed E-state index contributed by atoms with van der Waals surface area (Å²) < 4.78 is 11.3. The van der Waals surface area contributed by atoms with E-state index in [4.69, 9.17) is 9.47 Å². The number of aliphatic hydroxyl groups is 5. The van der Waals surface area contributed by atoms with Crippen molar-refractivity contribution in [3.63, 3.8) is 0 Å². The Hall–Kier alpha value is -3.15. The molecule has 0 radical (unpaired) electrons. The topological polar surface area (TPSA) is 149 Å². The van der Waals surface area contributed by atoms with Gasteiger partial charge in [0.1, 0.15) is 24.4 Å². The van der Waals surface area contributed by atoms with Crippen LogP contribution in [0.3, 0.4) is 0 Å². The highest BCUT2D eigenvalue weighted by atomic mass is 16.7. The van der Waals surface area contributed by atoms with Gasteiger partial charge in [-0.2, -0.15) is 0 Å². The van der Waals surface area contributed by atoms with Crippen LogP contribution in [0, 0.1) is 0 Å². The van der Waals surface area contributed by atoms with Crippen molar-refractivity contribution < 1.29 is 39.8 Å². The predicted octanol–water partition coefficient (Wildman–Crippen LogP) is 16.1. The van der Waals surface area contributed by atoms with Gasteiger partial charge in [0.05, 0.1) is 25.4 Å². The van der Waals surface area contributed by atoms with Crippen LogP contribution in [0.1, 0.15) is 251 Å². The van der Waals surface area contributed by atoms with Gasteiger partial charge in [-0.1, -0.05) is 271 Å². The number of rotatable bonds is 52. The summed E-state index contributed by atoms with van der Waals surface area (Å²) in [6.07, 6.45) is 74.2. The normalized spacial score (nSPS) is 19.6. The van der Waals surface area contributed by atoms with Gasteiger partial charge in [-0.05, 0) is 83.5 Å². The number of amides is 1. The van der Waals surface area contributed by atoms with E-state index >= 15 is 0 Å². The molecule has 0 saturated carbocycles. The van der Waals surface area contributed by atoms with E-state index in [0.717, 1.165) is 96.3 Å². The molecule has 436 valence electrons. The van der Waals surface area contributed by atoms with Crippen LogP contribution in [0.15, 0.2) is 109 Å². The predicted molar refractivity (Wildman–Crippen MR) is 322 cm³/mol. The molecule has 1 aliphatic rings. The summed E-state index contributed by atoms with van der Waals surface area (Å²) >= 11 is 0. The Balaban J connectivity index is 2.08. The number of ether oxygens (including phenoxy) is 2. The molecule has 1 amide bonds. The van der Waals surface area contributed by atoms with E-state index in [9.17, 15) is 30.3 Å². The van der Waals surface area contributed by atoms with E-state index in [1.54, 1.807) is 0 Å². The van der Waals surface area contributed by atoms with E-state index in [-0.39, 0.29) is 12.5 Å². The summed E-state index contributed by atoms with van der Waals surface area (Å²) in [5.74, 6) is -0.149. The summed E-state index contributed by atoms with van der Waals surface area (Å²) in [4.78, 5) is 13.1. The molecule has 0 aromatic carbocycles. The van der Waals surface area contributed by atoms with Gasteiger partial charge in [-0.3, -0.25) is 4.79 Å². The number of carbonyl (C=O) groups is 1. The van der Waals surface area contributed by atoms with E-state index in [1.165, 1.54) is 128 Å². The Labute approximate surface area is 466 Å². The summed E-state index contributed by atoms with van der Waals surface area (Å²) in [6, 6.07) is -0.724. The Morgan fingerprint density at radius 2 is 0.816 bits per heavy atom. The molecule has 7 unspecified atom stereocenters. The molecule has 9 heteroatoms. The zero-order chi connectivity index (χ0) is 55.0. The van der Waals surface area contributed by atoms with Crippen LogP contribution < -0.4 is 5.32 Å². The summed E-state index contributed by atoms with van der Waals surface area (Å²) in [5, 5.41) is 54.6. The van der Waals surface area contributed by atoms with Crippen molar-refractivity contribution in [2.45, 2.75) is 294 Å². The lowest BCUT2D eigenvalue weighted by atomic mass is 9.99. The van der Waals surface area contributed by atoms with Crippen molar-refractivity contribution >= 4 is 5.91 Å². The number of carbonyl (C=O) groups excluding carboxylic acids is 1. The second-order valence-corrected chi connectivity index (χ2v) is 21.1. The first-order chi connectivity index (χ1) is 37.3. The summed E-state index contributed by atoms with van der Waals surface area (Å²) in [7, 11) is 0. The lowest BCUT2D eigenvalue weighted by Gasteiger charge is -2.40. The molecule has 1 saturated heterocycles. The minimum absolute atomic E-state index is 0.142. The van der Waals surface area contributed by atoms with Crippen molar-refractivity contribution in [1.82, 2.24) is 5.32 Å². The highest BCUT2D eigenvalue weighted by Crippen LogP contribution is 2.23. The van der Waals surface area contributed by atoms with Gasteiger partial charge >= 0.3 is 0 Å². The average molecular weight is 1060 g/mol. The lowest BCUT2D eigenvalue weighted by molar-refractivity contribution is -0.302. The van der Waals surface area contributed by atoms with E-state index in [0.29, 0.717) is 12.8 Å². The first kappa shape index (κ1) is 70.9. The van der Waals surface area contributed by atoms with Gasteiger partial charge in [0.15, 0.2) is 6.29 Å². The van der Waals surface area contributed by atoms with Gasteiger partial charge in [-0.25, -0.2) is 0 Å². The largest absolute Gasteiger partial charge is 0.394 e. The molecule has 0 aromatic heterocycles. The SMILES string of the molecule is CC/C=C\C/C=C\C/C=C\C/C=C\C/C=C\C/C=C\C/C=C\C/C=C\C/C=C\CCCCCCCCCCCCCCCC(=O)NC(COC1OC(CO)C(O)C(O)C1O)C(O)CCCCCCCCCCCCCC. The van der Waals surface area contributed by atoms with Crippen LogP contribution in [-0.4, -0.2) is 87.5 Å². The first-order valence-corrected chi connectivity index (χ1v) is 31.1. The van der Waals surface area contributed by atoms with Crippen LogP contribution in [0.25, 0.3) is 0 Å². The summed E-state index contributed by atoms with van der Waals surface area (Å²) in [5.41, 5.74) is 0. The number of allylic oxidation sites excluding steroid dienone is 18. The zero-order valence-electron chi connectivity index (χ0n) is 48.5. The molecule has 9 nitrogen and oxygen atoms in total. The highest BCUT2D eigenvalue weighted by molar-refractivity contribution is 5.76. The Kier molecular flexibility index (Phi) is 51.4. The number of nitrogens with one attached hydrogen (secondary N) is 1. The highest BCUT2D eigenvalue weighted by Gasteiger charge is 2.44. The molecule has 0 bridgehead atoms. The minimum Gasteiger partial charge on any atom is -0.394 e. The maximum atomic E-state index is 13.1. The number of aliphatic hydroxyl groups excluding tert-OH is 5. The molecule has 6 N–H and O–H groups in total. The van der Waals surface area contributed by atoms with Gasteiger partial charge < -0.3 is 40.3 Å². The molecule has 0 aliphatic carbocycles. The molecule has 0 aromatic rings. The van der Waals surface area contributed by atoms with Crippen LogP contribution >= 0.6 is 0 Å². The van der Waals surface area contributed by atoms with E-state index < -0.39 is 49.5 Å². The molecule has 1 aliphatic heterocycles. The van der Waals surface area contributed by atoms with Crippen molar-refractivity contribution in [1.29, 1.82) is 0 Å². The molecular formula is C67H115NO8. The minimum atomic E-state index is -1.56. The van der Waals surface area contributed by atoms with Crippen LogP contribution in [0.4, 0.5) is 0 Å². The second-order valence-electron chi connectivity index (χ2n) is 21.1. The van der Waals surface area contributed by atoms with Crippen molar-refractivity contribution in [2.24, 2.45) is 0 Å². The summed E-state index contributed by atoms with van der Waals surface area (Å²) in [6.45, 7) is 3.71. The maximum Gasteiger partial charge on any atom is 0.220 e. The lowest BCUT2D eigenvalue weighted by Crippen LogP contribution is -2.60. The maximum absolute atomic E-state index is 13.1. The smallest absolute Gasteiger partial charge is 0.220 e. The Bertz CT molecular complexity index is 1560. The molecule has 76 heavy (non-hydrogen) atoms. The molecule has 1 fully saturated rings. The molecule has 7 atom stereocenters. The fraction of sp³-hybridized carbons (Fsp3) is 0.716. The standard InChI is InChI=1S/C67H115NO8/c1-3-5-7-9-11-13-15-17-18-19-20-21-22-23-24-25-26-27-28-29-30-31-32-33-34-35-36-37-38-39-40-41-42-43-44-45-47-49-51-53-55-57-63(71)68-60(59-75-67-66(74)65(73)64(72)62(58-69)76-67)61(70)56-54-52-50-48-46-16-14-12-10-8-6-4-2/h5,7,11,13,17-18,20-21,23-24,26-27,29-30,32-33,35-36,60-62,64-67,69-70,72-74H,3-4,6,8-10,12,14-16,19,22,25,28,31,34,37-59H2,1-2H3,(H,68,71)/b7-5-,13-11-,18-17-,21-20-,24-23-,27-26-,30-29-,33-32-,36-35-. The fourth-order valence-electron chi connectivity index (χ4n) is 9.27.